The van der Waals surface area contributed by atoms with E-state index in [0.717, 1.165) is 13.1 Å². The third kappa shape index (κ3) is 2.19. The lowest BCUT2D eigenvalue weighted by Crippen LogP contribution is -2.48. The minimum absolute atomic E-state index is 0.310. The van der Waals surface area contributed by atoms with Crippen molar-refractivity contribution >= 4 is 0 Å². The topological polar surface area (TPSA) is 24.5 Å². The number of hydroxylamine groups is 2. The van der Waals surface area contributed by atoms with Crippen LogP contribution in [0.2, 0.25) is 0 Å². The van der Waals surface area contributed by atoms with Gasteiger partial charge in [-0.25, -0.2) is 0 Å². The predicted molar refractivity (Wildman–Crippen MR) is 49.9 cm³/mol. The standard InChI is InChI=1S/C9H20N2O/c1-4-9(6-5-7-10-9)8-11(2)12-3/h10H,4-8H2,1-3H3. The Bertz CT molecular complexity index is 132. The summed E-state index contributed by atoms with van der Waals surface area (Å²) in [5.74, 6) is 0. The van der Waals surface area contributed by atoms with Gasteiger partial charge in [0.2, 0.25) is 0 Å². The Morgan fingerprint density at radius 3 is 2.75 bits per heavy atom. The normalized spacial score (nSPS) is 30.0. The van der Waals surface area contributed by atoms with E-state index < -0.39 is 0 Å². The van der Waals surface area contributed by atoms with Gasteiger partial charge in [0, 0.05) is 19.1 Å². The van der Waals surface area contributed by atoms with Crippen molar-refractivity contribution < 1.29 is 4.84 Å². The average molecular weight is 172 g/mol. The molecule has 1 atom stereocenters. The molecule has 1 N–H and O–H groups in total. The van der Waals surface area contributed by atoms with Gasteiger partial charge in [0.05, 0.1) is 7.11 Å². The summed E-state index contributed by atoms with van der Waals surface area (Å²) in [5.41, 5.74) is 0.310. The zero-order valence-corrected chi connectivity index (χ0v) is 8.39. The zero-order chi connectivity index (χ0) is 9.03. The van der Waals surface area contributed by atoms with Crippen LogP contribution in [0.25, 0.3) is 0 Å². The molecule has 3 heteroatoms. The highest BCUT2D eigenvalue weighted by atomic mass is 16.7. The van der Waals surface area contributed by atoms with Crippen molar-refractivity contribution in [3.63, 3.8) is 0 Å². The highest BCUT2D eigenvalue weighted by Crippen LogP contribution is 2.23. The maximum absolute atomic E-state index is 5.13. The summed E-state index contributed by atoms with van der Waals surface area (Å²) in [4.78, 5) is 5.13. The maximum Gasteiger partial charge on any atom is 0.0575 e. The van der Waals surface area contributed by atoms with Crippen LogP contribution in [0.1, 0.15) is 26.2 Å². The number of likely N-dealkylation sites (N-methyl/N-ethyl adjacent to an activating group) is 1. The second-order valence-electron chi connectivity index (χ2n) is 3.63. The third-order valence-corrected chi connectivity index (χ3v) is 2.85. The van der Waals surface area contributed by atoms with E-state index in [1.54, 1.807) is 7.11 Å². The molecule has 1 unspecified atom stereocenters. The van der Waals surface area contributed by atoms with E-state index >= 15 is 0 Å². The molecule has 0 aliphatic carbocycles. The maximum atomic E-state index is 5.13. The number of hydrogen-bond acceptors (Lipinski definition) is 3. The van der Waals surface area contributed by atoms with Crippen LogP contribution in [0, 0.1) is 0 Å². The molecule has 0 aromatic rings. The molecule has 3 nitrogen and oxygen atoms in total. The fourth-order valence-corrected chi connectivity index (χ4v) is 1.91. The van der Waals surface area contributed by atoms with Crippen LogP contribution in [-0.2, 0) is 4.84 Å². The van der Waals surface area contributed by atoms with Crippen molar-refractivity contribution in [1.29, 1.82) is 0 Å². The zero-order valence-electron chi connectivity index (χ0n) is 8.39. The van der Waals surface area contributed by atoms with Crippen molar-refractivity contribution in [2.75, 3.05) is 27.2 Å². The molecule has 1 rings (SSSR count). The number of nitrogens with zero attached hydrogens (tertiary/aromatic N) is 1. The third-order valence-electron chi connectivity index (χ3n) is 2.85. The summed E-state index contributed by atoms with van der Waals surface area (Å²) in [6.45, 7) is 4.38. The first kappa shape index (κ1) is 9.96. The molecular formula is C9H20N2O. The summed E-state index contributed by atoms with van der Waals surface area (Å²) < 4.78 is 0. The van der Waals surface area contributed by atoms with Gasteiger partial charge in [-0.05, 0) is 25.8 Å². The first-order valence-corrected chi connectivity index (χ1v) is 4.73. The van der Waals surface area contributed by atoms with Crippen molar-refractivity contribution in [3.8, 4) is 0 Å². The minimum atomic E-state index is 0.310. The van der Waals surface area contributed by atoms with Gasteiger partial charge in [0.1, 0.15) is 0 Å². The quantitative estimate of drug-likeness (QED) is 0.641. The first-order chi connectivity index (χ1) is 5.72. The molecule has 1 aliphatic rings. The highest BCUT2D eigenvalue weighted by Gasteiger charge is 2.32. The fraction of sp³-hybridized carbons (Fsp3) is 1.00. The van der Waals surface area contributed by atoms with Gasteiger partial charge in [0.25, 0.3) is 0 Å². The highest BCUT2D eigenvalue weighted by molar-refractivity contribution is 4.92. The number of rotatable bonds is 4. The van der Waals surface area contributed by atoms with Gasteiger partial charge in [-0.1, -0.05) is 6.92 Å². The smallest absolute Gasteiger partial charge is 0.0575 e. The van der Waals surface area contributed by atoms with Crippen LogP contribution in [0.4, 0.5) is 0 Å². The van der Waals surface area contributed by atoms with Gasteiger partial charge in [-0.15, -0.1) is 0 Å². The van der Waals surface area contributed by atoms with Gasteiger partial charge >= 0.3 is 0 Å². The van der Waals surface area contributed by atoms with Crippen molar-refractivity contribution in [3.05, 3.63) is 0 Å². The summed E-state index contributed by atoms with van der Waals surface area (Å²) >= 11 is 0. The monoisotopic (exact) mass is 172 g/mol. The van der Waals surface area contributed by atoms with Gasteiger partial charge < -0.3 is 10.2 Å². The molecule has 0 aromatic carbocycles. The molecule has 0 radical (unpaired) electrons. The van der Waals surface area contributed by atoms with Crippen molar-refractivity contribution in [1.82, 2.24) is 10.4 Å². The molecule has 0 spiro atoms. The molecule has 1 fully saturated rings. The van der Waals surface area contributed by atoms with E-state index in [1.165, 1.54) is 19.3 Å². The van der Waals surface area contributed by atoms with E-state index in [0.29, 0.717) is 5.54 Å². The molecule has 12 heavy (non-hydrogen) atoms. The lowest BCUT2D eigenvalue weighted by atomic mass is 9.94. The Kier molecular flexibility index (Phi) is 3.50. The van der Waals surface area contributed by atoms with Crippen LogP contribution in [0.15, 0.2) is 0 Å². The van der Waals surface area contributed by atoms with E-state index in [-0.39, 0.29) is 0 Å². The number of nitrogens with one attached hydrogen (secondary N) is 1. The van der Waals surface area contributed by atoms with Gasteiger partial charge in [-0.3, -0.25) is 0 Å². The predicted octanol–water partition coefficient (Wildman–Crippen LogP) is 1.01. The Labute approximate surface area is 75.0 Å². The van der Waals surface area contributed by atoms with E-state index in [9.17, 15) is 0 Å². The molecule has 0 saturated carbocycles. The van der Waals surface area contributed by atoms with Gasteiger partial charge in [0.15, 0.2) is 0 Å². The van der Waals surface area contributed by atoms with Crippen LogP contribution >= 0.6 is 0 Å². The lowest BCUT2D eigenvalue weighted by Gasteiger charge is -2.31. The molecule has 1 heterocycles. The Balaban J connectivity index is 2.43. The second-order valence-corrected chi connectivity index (χ2v) is 3.63. The molecule has 1 saturated heterocycles. The molecule has 72 valence electrons. The summed E-state index contributed by atoms with van der Waals surface area (Å²) in [7, 11) is 3.70. The second kappa shape index (κ2) is 4.21. The molecule has 0 amide bonds. The average Bonchev–Trinajstić information content (AvgIpc) is 2.54. The first-order valence-electron chi connectivity index (χ1n) is 4.73. The number of hydrogen-bond donors (Lipinski definition) is 1. The molecule has 0 bridgehead atoms. The largest absolute Gasteiger partial charge is 0.310 e. The SMILES string of the molecule is CCC1(CN(C)OC)CCCN1. The van der Waals surface area contributed by atoms with E-state index in [4.69, 9.17) is 4.84 Å². The molecular weight excluding hydrogens is 152 g/mol. The van der Waals surface area contributed by atoms with Crippen LogP contribution in [0.3, 0.4) is 0 Å². The van der Waals surface area contributed by atoms with Gasteiger partial charge in [-0.2, -0.15) is 5.06 Å². The Hall–Kier alpha value is -0.120. The van der Waals surface area contributed by atoms with Crippen LogP contribution in [-0.4, -0.2) is 37.8 Å². The summed E-state index contributed by atoms with van der Waals surface area (Å²) in [6, 6.07) is 0. The van der Waals surface area contributed by atoms with E-state index in [2.05, 4.69) is 12.2 Å². The Morgan fingerprint density at radius 2 is 2.33 bits per heavy atom. The molecule has 1 aliphatic heterocycles. The van der Waals surface area contributed by atoms with Crippen molar-refractivity contribution in [2.45, 2.75) is 31.7 Å². The van der Waals surface area contributed by atoms with Crippen LogP contribution < -0.4 is 5.32 Å². The molecule has 0 aromatic heterocycles. The van der Waals surface area contributed by atoms with Crippen molar-refractivity contribution in [2.24, 2.45) is 0 Å². The minimum Gasteiger partial charge on any atom is -0.310 e. The van der Waals surface area contributed by atoms with E-state index in [1.807, 2.05) is 12.1 Å². The fourth-order valence-electron chi connectivity index (χ4n) is 1.91. The Morgan fingerprint density at radius 1 is 1.58 bits per heavy atom. The summed E-state index contributed by atoms with van der Waals surface area (Å²) in [5, 5.41) is 5.47. The summed E-state index contributed by atoms with van der Waals surface area (Å²) in [6.07, 6.45) is 3.75. The van der Waals surface area contributed by atoms with Crippen LogP contribution in [0.5, 0.6) is 0 Å². The lowest BCUT2D eigenvalue weighted by molar-refractivity contribution is -0.123.